The Balaban J connectivity index is 1.59. The molecule has 3 rings (SSSR count). The molecule has 0 saturated carbocycles. The second-order valence-electron chi connectivity index (χ2n) is 6.00. The number of rotatable bonds is 3. The summed E-state index contributed by atoms with van der Waals surface area (Å²) in [6.07, 6.45) is 0. The van der Waals surface area contributed by atoms with Crippen molar-refractivity contribution in [2.75, 3.05) is 31.1 Å². The molecule has 1 aliphatic heterocycles. The summed E-state index contributed by atoms with van der Waals surface area (Å²) in [5.74, 6) is 6.56. The molecule has 2 aromatic carbocycles. The molecule has 4 nitrogen and oxygen atoms in total. The van der Waals surface area contributed by atoms with Crippen LogP contribution in [0.5, 0.6) is 0 Å². The van der Waals surface area contributed by atoms with Crippen molar-refractivity contribution in [2.24, 2.45) is 0 Å². The van der Waals surface area contributed by atoms with Gasteiger partial charge in [-0.3, -0.25) is 9.69 Å². The van der Waals surface area contributed by atoms with Crippen molar-refractivity contribution in [3.05, 3.63) is 71.3 Å². The van der Waals surface area contributed by atoms with Crippen LogP contribution in [0.3, 0.4) is 0 Å². The Morgan fingerprint density at radius 1 is 0.920 bits per heavy atom. The first kappa shape index (κ1) is 17.4. The molecule has 0 unspecified atom stereocenters. The molecule has 0 spiro atoms. The fourth-order valence-electron chi connectivity index (χ4n) is 2.62. The molecule has 0 amide bonds. The van der Waals surface area contributed by atoms with Crippen LogP contribution in [0, 0.1) is 11.8 Å². The van der Waals surface area contributed by atoms with Gasteiger partial charge in [-0.25, -0.2) is 8.42 Å². The fraction of sp³-hybridized carbons (Fsp3) is 0.250. The second-order valence-corrected chi connectivity index (χ2v) is 8.31. The highest BCUT2D eigenvalue weighted by Crippen LogP contribution is 2.10. The summed E-state index contributed by atoms with van der Waals surface area (Å²) in [5.41, 5.74) is 2.15. The van der Waals surface area contributed by atoms with Crippen LogP contribution >= 0.6 is 0 Å². The summed E-state index contributed by atoms with van der Waals surface area (Å²) in [7, 11) is -2.85. The van der Waals surface area contributed by atoms with Crippen LogP contribution in [0.2, 0.25) is 0 Å². The molecule has 0 aromatic heterocycles. The standard InChI is InChI=1S/C20H19NO3S/c22-20(18-6-2-1-3-7-18)19-10-8-17(9-11-19)5-4-12-21-13-15-25(23,24)16-14-21/h1-3,6-11H,12-16H2. The van der Waals surface area contributed by atoms with E-state index in [0.29, 0.717) is 30.8 Å². The molecule has 0 N–H and O–H groups in total. The Labute approximate surface area is 148 Å². The maximum atomic E-state index is 12.3. The highest BCUT2D eigenvalue weighted by Gasteiger charge is 2.20. The lowest BCUT2D eigenvalue weighted by Gasteiger charge is -2.24. The Morgan fingerprint density at radius 2 is 1.52 bits per heavy atom. The first-order chi connectivity index (χ1) is 12.0. The zero-order chi connectivity index (χ0) is 17.7. The molecule has 1 fully saturated rings. The maximum absolute atomic E-state index is 12.3. The lowest BCUT2D eigenvalue weighted by Crippen LogP contribution is -2.40. The molecule has 25 heavy (non-hydrogen) atoms. The number of carbonyl (C=O) groups is 1. The van der Waals surface area contributed by atoms with Crippen LogP contribution in [-0.4, -0.2) is 50.2 Å². The van der Waals surface area contributed by atoms with Crippen LogP contribution in [0.4, 0.5) is 0 Å². The predicted octanol–water partition coefficient (Wildman–Crippen LogP) is 2.00. The summed E-state index contributed by atoms with van der Waals surface area (Å²) in [6.45, 7) is 1.64. The Hall–Kier alpha value is -2.42. The molecule has 1 heterocycles. The number of hydrogen-bond donors (Lipinski definition) is 0. The molecule has 0 aliphatic carbocycles. The van der Waals surface area contributed by atoms with Crippen molar-refractivity contribution in [3.8, 4) is 11.8 Å². The molecule has 5 heteroatoms. The van der Waals surface area contributed by atoms with Gasteiger partial charge >= 0.3 is 0 Å². The second kappa shape index (κ2) is 7.64. The minimum Gasteiger partial charge on any atom is -0.290 e. The van der Waals surface area contributed by atoms with E-state index in [4.69, 9.17) is 0 Å². The number of sulfone groups is 1. The van der Waals surface area contributed by atoms with Crippen molar-refractivity contribution >= 4 is 15.6 Å². The first-order valence-corrected chi connectivity index (χ1v) is 9.97. The molecule has 1 saturated heterocycles. The topological polar surface area (TPSA) is 54.5 Å². The SMILES string of the molecule is O=C(c1ccccc1)c1ccc(C#CCN2CCS(=O)(=O)CC2)cc1. The lowest BCUT2D eigenvalue weighted by atomic mass is 10.0. The van der Waals surface area contributed by atoms with Crippen LogP contribution < -0.4 is 0 Å². The normalized spacial score (nSPS) is 16.6. The summed E-state index contributed by atoms with van der Waals surface area (Å²) in [6, 6.07) is 16.4. The zero-order valence-corrected chi connectivity index (χ0v) is 14.6. The van der Waals surface area contributed by atoms with Gasteiger partial charge in [-0.2, -0.15) is 0 Å². The summed E-state index contributed by atoms with van der Waals surface area (Å²) in [5, 5.41) is 0. The quantitative estimate of drug-likeness (QED) is 0.626. The first-order valence-electron chi connectivity index (χ1n) is 8.15. The number of hydrogen-bond acceptors (Lipinski definition) is 4. The van der Waals surface area contributed by atoms with Crippen molar-refractivity contribution < 1.29 is 13.2 Å². The summed E-state index contributed by atoms with van der Waals surface area (Å²) in [4.78, 5) is 14.4. The van der Waals surface area contributed by atoms with Gasteiger partial charge in [-0.15, -0.1) is 0 Å². The van der Waals surface area contributed by atoms with E-state index in [-0.39, 0.29) is 17.3 Å². The van der Waals surface area contributed by atoms with Gasteiger partial charge in [-0.05, 0) is 24.3 Å². The molecular weight excluding hydrogens is 334 g/mol. The maximum Gasteiger partial charge on any atom is 0.193 e. The number of ketones is 1. The molecular formula is C20H19NO3S. The highest BCUT2D eigenvalue weighted by molar-refractivity contribution is 7.91. The molecule has 1 aliphatic rings. The predicted molar refractivity (Wildman–Crippen MR) is 98.3 cm³/mol. The van der Waals surface area contributed by atoms with Gasteiger partial charge in [0.25, 0.3) is 0 Å². The van der Waals surface area contributed by atoms with E-state index in [1.807, 2.05) is 35.2 Å². The van der Waals surface area contributed by atoms with E-state index in [2.05, 4.69) is 11.8 Å². The number of carbonyl (C=O) groups excluding carboxylic acids is 1. The molecule has 0 atom stereocenters. The molecule has 0 radical (unpaired) electrons. The van der Waals surface area contributed by atoms with Crippen molar-refractivity contribution in [1.82, 2.24) is 4.90 Å². The number of benzene rings is 2. The van der Waals surface area contributed by atoms with Crippen molar-refractivity contribution in [1.29, 1.82) is 0 Å². The van der Waals surface area contributed by atoms with E-state index in [9.17, 15) is 13.2 Å². The summed E-state index contributed by atoms with van der Waals surface area (Å²) >= 11 is 0. The van der Waals surface area contributed by atoms with Crippen LogP contribution in [-0.2, 0) is 9.84 Å². The van der Waals surface area contributed by atoms with Gasteiger partial charge in [-0.1, -0.05) is 42.2 Å². The largest absolute Gasteiger partial charge is 0.290 e. The van der Waals surface area contributed by atoms with Crippen molar-refractivity contribution in [3.63, 3.8) is 0 Å². The monoisotopic (exact) mass is 353 g/mol. The average molecular weight is 353 g/mol. The van der Waals surface area contributed by atoms with E-state index in [0.717, 1.165) is 5.56 Å². The van der Waals surface area contributed by atoms with Gasteiger partial charge in [0, 0.05) is 29.8 Å². The smallest absolute Gasteiger partial charge is 0.193 e. The van der Waals surface area contributed by atoms with E-state index in [1.165, 1.54) is 0 Å². The Bertz CT molecular complexity index is 893. The molecule has 128 valence electrons. The van der Waals surface area contributed by atoms with Gasteiger partial charge in [0.2, 0.25) is 0 Å². The minimum atomic E-state index is -2.85. The van der Waals surface area contributed by atoms with E-state index < -0.39 is 9.84 Å². The van der Waals surface area contributed by atoms with E-state index >= 15 is 0 Å². The Kier molecular flexibility index (Phi) is 5.32. The highest BCUT2D eigenvalue weighted by atomic mass is 32.2. The van der Waals surface area contributed by atoms with Gasteiger partial charge < -0.3 is 0 Å². The fourth-order valence-corrected chi connectivity index (χ4v) is 3.90. The summed E-state index contributed by atoms with van der Waals surface area (Å²) < 4.78 is 22.8. The Morgan fingerprint density at radius 3 is 2.16 bits per heavy atom. The molecule has 0 bridgehead atoms. The minimum absolute atomic E-state index is 0.00497. The van der Waals surface area contributed by atoms with Crippen molar-refractivity contribution in [2.45, 2.75) is 0 Å². The van der Waals surface area contributed by atoms with Gasteiger partial charge in [0.1, 0.15) is 0 Å². The van der Waals surface area contributed by atoms with Gasteiger partial charge in [0.15, 0.2) is 15.6 Å². The third-order valence-corrected chi connectivity index (χ3v) is 5.76. The van der Waals surface area contributed by atoms with Crippen LogP contribution in [0.1, 0.15) is 21.5 Å². The van der Waals surface area contributed by atoms with E-state index in [1.54, 1.807) is 24.3 Å². The third kappa shape index (κ3) is 4.79. The lowest BCUT2D eigenvalue weighted by molar-refractivity contribution is 0.103. The third-order valence-electron chi connectivity index (χ3n) is 4.16. The van der Waals surface area contributed by atoms with Gasteiger partial charge in [0.05, 0.1) is 18.1 Å². The van der Waals surface area contributed by atoms with Crippen LogP contribution in [0.25, 0.3) is 0 Å². The van der Waals surface area contributed by atoms with Crippen LogP contribution in [0.15, 0.2) is 54.6 Å². The zero-order valence-electron chi connectivity index (χ0n) is 13.8. The molecule has 2 aromatic rings. The average Bonchev–Trinajstić information content (AvgIpc) is 2.64. The number of nitrogens with zero attached hydrogens (tertiary/aromatic N) is 1.